The highest BCUT2D eigenvalue weighted by Gasteiger charge is 2.24. The SMILES string of the molecule is CC1CCC(N(C)C(=O)CCNC(=O)c2ccsc2)CC1. The Labute approximate surface area is 130 Å². The van der Waals surface area contributed by atoms with Gasteiger partial charge < -0.3 is 10.2 Å². The summed E-state index contributed by atoms with van der Waals surface area (Å²) in [5.74, 6) is 0.813. The molecule has 2 amide bonds. The van der Waals surface area contributed by atoms with Gasteiger partial charge in [-0.05, 0) is 43.0 Å². The van der Waals surface area contributed by atoms with Crippen LogP contribution in [0.1, 0.15) is 49.4 Å². The number of hydrogen-bond donors (Lipinski definition) is 1. The van der Waals surface area contributed by atoms with Crippen LogP contribution >= 0.6 is 11.3 Å². The zero-order valence-corrected chi connectivity index (χ0v) is 13.6. The molecule has 1 aliphatic carbocycles. The number of hydrogen-bond acceptors (Lipinski definition) is 3. The molecule has 5 heteroatoms. The van der Waals surface area contributed by atoms with Crippen LogP contribution in [0.2, 0.25) is 0 Å². The summed E-state index contributed by atoms with van der Waals surface area (Å²) in [5.41, 5.74) is 0.669. The molecule has 116 valence electrons. The molecule has 1 aliphatic rings. The van der Waals surface area contributed by atoms with Gasteiger partial charge in [-0.15, -0.1) is 0 Å². The molecule has 1 aromatic heterocycles. The van der Waals surface area contributed by atoms with E-state index in [1.807, 2.05) is 22.7 Å². The molecule has 1 fully saturated rings. The van der Waals surface area contributed by atoms with Crippen LogP contribution in [0.25, 0.3) is 0 Å². The first-order valence-corrected chi connectivity index (χ1v) is 8.58. The second kappa shape index (κ2) is 7.59. The molecule has 0 radical (unpaired) electrons. The van der Waals surface area contributed by atoms with Gasteiger partial charge in [-0.2, -0.15) is 11.3 Å². The van der Waals surface area contributed by atoms with Crippen LogP contribution in [0.4, 0.5) is 0 Å². The lowest BCUT2D eigenvalue weighted by atomic mass is 9.86. The molecule has 0 atom stereocenters. The minimum absolute atomic E-state index is 0.0989. The van der Waals surface area contributed by atoms with Crippen molar-refractivity contribution in [3.05, 3.63) is 22.4 Å². The van der Waals surface area contributed by atoms with Crippen LogP contribution in [0, 0.1) is 5.92 Å². The van der Waals surface area contributed by atoms with E-state index in [1.54, 1.807) is 6.07 Å². The topological polar surface area (TPSA) is 49.4 Å². The van der Waals surface area contributed by atoms with Crippen LogP contribution in [0.15, 0.2) is 16.8 Å². The fourth-order valence-electron chi connectivity index (χ4n) is 2.79. The van der Waals surface area contributed by atoms with Crippen LogP contribution < -0.4 is 5.32 Å². The molecule has 1 heterocycles. The Bertz CT molecular complexity index is 465. The number of carbonyl (C=O) groups is 2. The van der Waals surface area contributed by atoms with Crippen LogP contribution in [0.3, 0.4) is 0 Å². The smallest absolute Gasteiger partial charge is 0.252 e. The Morgan fingerprint density at radius 2 is 2.05 bits per heavy atom. The second-order valence-corrected chi connectivity index (χ2v) is 6.72. The van der Waals surface area contributed by atoms with Crippen molar-refractivity contribution in [2.75, 3.05) is 13.6 Å². The first-order chi connectivity index (χ1) is 10.1. The monoisotopic (exact) mass is 308 g/mol. The molecular formula is C16H24N2O2S. The van der Waals surface area contributed by atoms with Crippen molar-refractivity contribution < 1.29 is 9.59 Å². The van der Waals surface area contributed by atoms with E-state index in [0.717, 1.165) is 18.8 Å². The lowest BCUT2D eigenvalue weighted by Crippen LogP contribution is -2.40. The highest BCUT2D eigenvalue weighted by atomic mass is 32.1. The van der Waals surface area contributed by atoms with Gasteiger partial charge in [0.05, 0.1) is 0 Å². The van der Waals surface area contributed by atoms with Gasteiger partial charge in [-0.25, -0.2) is 0 Å². The molecule has 0 unspecified atom stereocenters. The first kappa shape index (κ1) is 16.0. The fraction of sp³-hybridized carbons (Fsp3) is 0.625. The molecule has 0 spiro atoms. The molecule has 0 aromatic carbocycles. The third-order valence-corrected chi connectivity index (χ3v) is 5.02. The van der Waals surface area contributed by atoms with Crippen molar-refractivity contribution in [3.8, 4) is 0 Å². The number of nitrogens with zero attached hydrogens (tertiary/aromatic N) is 1. The van der Waals surface area contributed by atoms with Crippen LogP contribution in [-0.4, -0.2) is 36.3 Å². The standard InChI is InChI=1S/C16H24N2O2S/c1-12-3-5-14(6-4-12)18(2)15(19)7-9-17-16(20)13-8-10-21-11-13/h8,10-12,14H,3-7,9H2,1-2H3,(H,17,20). The van der Waals surface area contributed by atoms with Crippen LogP contribution in [-0.2, 0) is 4.79 Å². The normalized spacial score (nSPS) is 21.8. The molecule has 1 N–H and O–H groups in total. The molecule has 0 aliphatic heterocycles. The van der Waals surface area contributed by atoms with Gasteiger partial charge in [-0.1, -0.05) is 6.92 Å². The Balaban J connectivity index is 1.70. The molecule has 1 saturated carbocycles. The van der Waals surface area contributed by atoms with E-state index in [9.17, 15) is 9.59 Å². The average Bonchev–Trinajstić information content (AvgIpc) is 3.01. The summed E-state index contributed by atoms with van der Waals surface area (Å²) in [5, 5.41) is 6.49. The number of rotatable bonds is 5. The minimum Gasteiger partial charge on any atom is -0.351 e. The summed E-state index contributed by atoms with van der Waals surface area (Å²) >= 11 is 1.50. The maximum Gasteiger partial charge on any atom is 0.252 e. The Kier molecular flexibility index (Phi) is 5.79. The van der Waals surface area contributed by atoms with Gasteiger partial charge in [-0.3, -0.25) is 9.59 Å². The largest absolute Gasteiger partial charge is 0.351 e. The number of thiophene rings is 1. The van der Waals surface area contributed by atoms with Gasteiger partial charge in [0, 0.05) is 37.0 Å². The van der Waals surface area contributed by atoms with Crippen molar-refractivity contribution in [3.63, 3.8) is 0 Å². The summed E-state index contributed by atoms with van der Waals surface area (Å²) in [7, 11) is 1.89. The Morgan fingerprint density at radius 1 is 1.33 bits per heavy atom. The molecule has 0 saturated heterocycles. The van der Waals surface area contributed by atoms with E-state index in [-0.39, 0.29) is 11.8 Å². The van der Waals surface area contributed by atoms with Gasteiger partial charge in [0.15, 0.2) is 0 Å². The Hall–Kier alpha value is -1.36. The maximum atomic E-state index is 12.2. The molecule has 0 bridgehead atoms. The van der Waals surface area contributed by atoms with E-state index in [4.69, 9.17) is 0 Å². The molecule has 2 rings (SSSR count). The average molecular weight is 308 g/mol. The van der Waals surface area contributed by atoms with Gasteiger partial charge in [0.25, 0.3) is 5.91 Å². The summed E-state index contributed by atoms with van der Waals surface area (Å²) in [6, 6.07) is 2.17. The predicted octanol–water partition coefficient (Wildman–Crippen LogP) is 2.91. The fourth-order valence-corrected chi connectivity index (χ4v) is 3.42. The van der Waals surface area contributed by atoms with Crippen molar-refractivity contribution in [2.24, 2.45) is 5.92 Å². The van der Waals surface area contributed by atoms with Gasteiger partial charge >= 0.3 is 0 Å². The molecule has 21 heavy (non-hydrogen) atoms. The van der Waals surface area contributed by atoms with E-state index in [1.165, 1.54) is 24.2 Å². The Morgan fingerprint density at radius 3 is 2.67 bits per heavy atom. The van der Waals surface area contributed by atoms with Crippen molar-refractivity contribution in [1.29, 1.82) is 0 Å². The number of amides is 2. The van der Waals surface area contributed by atoms with E-state index < -0.39 is 0 Å². The summed E-state index contributed by atoms with van der Waals surface area (Å²) in [6.45, 7) is 2.68. The van der Waals surface area contributed by atoms with E-state index >= 15 is 0 Å². The van der Waals surface area contributed by atoms with Gasteiger partial charge in [0.1, 0.15) is 0 Å². The second-order valence-electron chi connectivity index (χ2n) is 5.94. The highest BCUT2D eigenvalue weighted by molar-refractivity contribution is 7.08. The summed E-state index contributed by atoms with van der Waals surface area (Å²) < 4.78 is 0. The van der Waals surface area contributed by atoms with Crippen molar-refractivity contribution in [2.45, 2.75) is 45.1 Å². The van der Waals surface area contributed by atoms with E-state index in [2.05, 4.69) is 12.2 Å². The number of carbonyl (C=O) groups excluding carboxylic acids is 2. The van der Waals surface area contributed by atoms with Crippen molar-refractivity contribution >= 4 is 23.2 Å². The zero-order chi connectivity index (χ0) is 15.2. The zero-order valence-electron chi connectivity index (χ0n) is 12.8. The summed E-state index contributed by atoms with van der Waals surface area (Å²) in [6.07, 6.45) is 4.99. The third-order valence-electron chi connectivity index (χ3n) is 4.33. The molecule has 4 nitrogen and oxygen atoms in total. The molecular weight excluding hydrogens is 284 g/mol. The van der Waals surface area contributed by atoms with Crippen LogP contribution in [0.5, 0.6) is 0 Å². The molecule has 1 aromatic rings. The highest BCUT2D eigenvalue weighted by Crippen LogP contribution is 2.26. The lowest BCUT2D eigenvalue weighted by Gasteiger charge is -2.33. The van der Waals surface area contributed by atoms with Gasteiger partial charge in [0.2, 0.25) is 5.91 Å². The summed E-state index contributed by atoms with van der Waals surface area (Å²) in [4.78, 5) is 25.8. The minimum atomic E-state index is -0.0989. The quantitative estimate of drug-likeness (QED) is 0.909. The maximum absolute atomic E-state index is 12.2. The predicted molar refractivity (Wildman–Crippen MR) is 85.5 cm³/mol. The number of nitrogens with one attached hydrogen (secondary N) is 1. The van der Waals surface area contributed by atoms with Crippen molar-refractivity contribution in [1.82, 2.24) is 10.2 Å². The third kappa shape index (κ3) is 4.56. The first-order valence-electron chi connectivity index (χ1n) is 7.64. The lowest BCUT2D eigenvalue weighted by molar-refractivity contribution is -0.132. The van der Waals surface area contributed by atoms with E-state index in [0.29, 0.717) is 24.6 Å².